The van der Waals surface area contributed by atoms with Crippen molar-refractivity contribution >= 4 is 31.9 Å². The molecule has 1 aromatic heterocycles. The normalized spacial score (nSPS) is 13.3. The number of hydrogen-bond donors (Lipinski definition) is 1. The fourth-order valence-corrected chi connectivity index (χ4v) is 2.87. The molecule has 1 atom stereocenters. The van der Waals surface area contributed by atoms with Crippen LogP contribution in [0.5, 0.6) is 0 Å². The molecule has 1 unspecified atom stereocenters. The van der Waals surface area contributed by atoms with Gasteiger partial charge in [-0.25, -0.2) is 0 Å². The zero-order chi connectivity index (χ0) is 14.9. The molecule has 20 heavy (non-hydrogen) atoms. The molecule has 7 heteroatoms. The molecule has 2 aromatic rings. The molecule has 1 N–H and O–H groups in total. The van der Waals surface area contributed by atoms with E-state index in [4.69, 9.17) is 0 Å². The molecule has 0 bridgehead atoms. The van der Waals surface area contributed by atoms with Gasteiger partial charge in [-0.3, -0.25) is 4.98 Å². The van der Waals surface area contributed by atoms with Crippen LogP contribution in [0.25, 0.3) is 0 Å². The van der Waals surface area contributed by atoms with Crippen molar-refractivity contribution in [3.8, 4) is 0 Å². The Kier molecular flexibility index (Phi) is 4.51. The number of aliphatic hydroxyl groups excluding tert-OH is 1. The predicted octanol–water partition coefficient (Wildman–Crippen LogP) is 4.71. The van der Waals surface area contributed by atoms with E-state index in [-0.39, 0.29) is 11.3 Å². The van der Waals surface area contributed by atoms with E-state index in [9.17, 15) is 18.3 Å². The van der Waals surface area contributed by atoms with Gasteiger partial charge in [-0.05, 0) is 55.6 Å². The maximum absolute atomic E-state index is 12.7. The van der Waals surface area contributed by atoms with Gasteiger partial charge in [0.2, 0.25) is 0 Å². The summed E-state index contributed by atoms with van der Waals surface area (Å²) in [6.07, 6.45) is -4.21. The number of benzene rings is 1. The third kappa shape index (κ3) is 3.39. The van der Waals surface area contributed by atoms with E-state index in [0.717, 1.165) is 12.1 Å². The van der Waals surface area contributed by atoms with E-state index < -0.39 is 17.8 Å². The second-order valence-electron chi connectivity index (χ2n) is 4.05. The third-order valence-electron chi connectivity index (χ3n) is 2.62. The lowest BCUT2D eigenvalue weighted by molar-refractivity contribution is -0.137. The van der Waals surface area contributed by atoms with Gasteiger partial charge < -0.3 is 5.11 Å². The fourth-order valence-electron chi connectivity index (χ4n) is 1.67. The number of alkyl halides is 3. The lowest BCUT2D eigenvalue weighted by Crippen LogP contribution is -2.08. The highest BCUT2D eigenvalue weighted by molar-refractivity contribution is 9.11. The summed E-state index contributed by atoms with van der Waals surface area (Å²) in [4.78, 5) is 4.02. The molecule has 2 rings (SSSR count). The van der Waals surface area contributed by atoms with E-state index >= 15 is 0 Å². The van der Waals surface area contributed by atoms with Crippen molar-refractivity contribution in [1.29, 1.82) is 0 Å². The smallest absolute Gasteiger partial charge is 0.382 e. The van der Waals surface area contributed by atoms with Crippen molar-refractivity contribution < 1.29 is 18.3 Å². The molecule has 0 radical (unpaired) electrons. The van der Waals surface area contributed by atoms with E-state index in [0.29, 0.717) is 8.95 Å². The number of halogens is 5. The van der Waals surface area contributed by atoms with E-state index in [1.54, 1.807) is 6.07 Å². The molecule has 0 amide bonds. The first-order valence-electron chi connectivity index (χ1n) is 5.45. The summed E-state index contributed by atoms with van der Waals surface area (Å²) in [5.41, 5.74) is -0.412. The van der Waals surface area contributed by atoms with Crippen LogP contribution in [0.3, 0.4) is 0 Å². The maximum Gasteiger partial charge on any atom is 0.416 e. The summed E-state index contributed by atoms with van der Waals surface area (Å²) in [5, 5.41) is 10.2. The lowest BCUT2D eigenvalue weighted by atomic mass is 10.0. The lowest BCUT2D eigenvalue weighted by Gasteiger charge is -2.14. The number of pyridine rings is 1. The fraction of sp³-hybridized carbons (Fsp3) is 0.154. The molecule has 0 fully saturated rings. The molecule has 0 saturated heterocycles. The topological polar surface area (TPSA) is 33.1 Å². The highest BCUT2D eigenvalue weighted by atomic mass is 79.9. The zero-order valence-corrected chi connectivity index (χ0v) is 13.0. The summed E-state index contributed by atoms with van der Waals surface area (Å²) >= 11 is 6.44. The van der Waals surface area contributed by atoms with Gasteiger partial charge in [0.05, 0.1) is 11.3 Å². The quantitative estimate of drug-likeness (QED) is 0.777. The average Bonchev–Trinajstić information content (AvgIpc) is 2.37. The van der Waals surface area contributed by atoms with Crippen LogP contribution in [0.2, 0.25) is 0 Å². The Morgan fingerprint density at radius 2 is 1.85 bits per heavy atom. The molecular formula is C13H8Br2F3NO. The second-order valence-corrected chi connectivity index (χ2v) is 5.82. The Hall–Kier alpha value is -0.920. The van der Waals surface area contributed by atoms with Gasteiger partial charge in [-0.1, -0.05) is 12.1 Å². The first-order valence-corrected chi connectivity index (χ1v) is 7.04. The summed E-state index contributed by atoms with van der Waals surface area (Å²) in [6.45, 7) is 0. The SMILES string of the molecule is OC(c1cccc(C(F)(F)F)c1)c1ncc(Br)cc1Br. The number of rotatable bonds is 2. The Bertz CT molecular complexity index is 631. The molecule has 106 valence electrons. The average molecular weight is 411 g/mol. The summed E-state index contributed by atoms with van der Waals surface area (Å²) in [6, 6.07) is 6.23. The van der Waals surface area contributed by atoms with Crippen LogP contribution in [-0.2, 0) is 6.18 Å². The molecule has 1 aromatic carbocycles. The van der Waals surface area contributed by atoms with Gasteiger partial charge in [0.1, 0.15) is 6.10 Å². The molecule has 0 saturated carbocycles. The minimum absolute atomic E-state index is 0.135. The van der Waals surface area contributed by atoms with E-state index in [1.165, 1.54) is 18.3 Å². The molecule has 0 spiro atoms. The zero-order valence-electron chi connectivity index (χ0n) is 9.83. The first kappa shape index (κ1) is 15.5. The van der Waals surface area contributed by atoms with Crippen LogP contribution in [0.1, 0.15) is 22.9 Å². The molecule has 0 aliphatic heterocycles. The van der Waals surface area contributed by atoms with Crippen LogP contribution in [0.15, 0.2) is 45.5 Å². The Balaban J connectivity index is 2.41. The van der Waals surface area contributed by atoms with Crippen molar-refractivity contribution in [2.75, 3.05) is 0 Å². The minimum atomic E-state index is -4.44. The standard InChI is InChI=1S/C13H8Br2F3NO/c14-9-5-10(15)11(19-6-9)12(20)7-2-1-3-8(4-7)13(16,17)18/h1-6,12,20H. The molecule has 1 heterocycles. The van der Waals surface area contributed by atoms with Crippen molar-refractivity contribution in [2.24, 2.45) is 0 Å². The van der Waals surface area contributed by atoms with Gasteiger partial charge in [-0.15, -0.1) is 0 Å². The van der Waals surface area contributed by atoms with Gasteiger partial charge in [0.25, 0.3) is 0 Å². The largest absolute Gasteiger partial charge is 0.416 e. The van der Waals surface area contributed by atoms with Crippen molar-refractivity contribution in [3.63, 3.8) is 0 Å². The molecule has 2 nitrogen and oxygen atoms in total. The van der Waals surface area contributed by atoms with Crippen molar-refractivity contribution in [1.82, 2.24) is 4.98 Å². The van der Waals surface area contributed by atoms with Gasteiger partial charge in [-0.2, -0.15) is 13.2 Å². The van der Waals surface area contributed by atoms with Crippen LogP contribution in [0, 0.1) is 0 Å². The van der Waals surface area contributed by atoms with Crippen molar-refractivity contribution in [3.05, 3.63) is 62.3 Å². The number of hydrogen-bond acceptors (Lipinski definition) is 2. The third-order valence-corrected chi connectivity index (χ3v) is 3.69. The van der Waals surface area contributed by atoms with Crippen LogP contribution in [-0.4, -0.2) is 10.1 Å². The number of aliphatic hydroxyl groups is 1. The summed E-state index contributed by atoms with van der Waals surface area (Å²) in [5.74, 6) is 0. The van der Waals surface area contributed by atoms with Gasteiger partial charge in [0, 0.05) is 15.1 Å². The van der Waals surface area contributed by atoms with Gasteiger partial charge in [0.15, 0.2) is 0 Å². The minimum Gasteiger partial charge on any atom is -0.382 e. The Labute approximate surface area is 129 Å². The Morgan fingerprint density at radius 3 is 2.45 bits per heavy atom. The molecular weight excluding hydrogens is 403 g/mol. The first-order chi connectivity index (χ1) is 9.29. The number of nitrogens with zero attached hydrogens (tertiary/aromatic N) is 1. The second kappa shape index (κ2) is 5.83. The molecule has 0 aliphatic rings. The monoisotopic (exact) mass is 409 g/mol. The van der Waals surface area contributed by atoms with Crippen LogP contribution < -0.4 is 0 Å². The van der Waals surface area contributed by atoms with Crippen molar-refractivity contribution in [2.45, 2.75) is 12.3 Å². The highest BCUT2D eigenvalue weighted by Gasteiger charge is 2.31. The predicted molar refractivity (Wildman–Crippen MR) is 75.1 cm³/mol. The number of aromatic nitrogens is 1. The Morgan fingerprint density at radius 1 is 1.15 bits per heavy atom. The molecule has 0 aliphatic carbocycles. The van der Waals surface area contributed by atoms with E-state index in [2.05, 4.69) is 36.8 Å². The summed E-state index contributed by atoms with van der Waals surface area (Å²) < 4.78 is 39.2. The summed E-state index contributed by atoms with van der Waals surface area (Å²) in [7, 11) is 0. The van der Waals surface area contributed by atoms with Gasteiger partial charge >= 0.3 is 6.18 Å². The van der Waals surface area contributed by atoms with E-state index in [1.807, 2.05) is 0 Å². The van der Waals surface area contributed by atoms with Crippen LogP contribution in [0.4, 0.5) is 13.2 Å². The maximum atomic E-state index is 12.7. The highest BCUT2D eigenvalue weighted by Crippen LogP contribution is 2.33. The van der Waals surface area contributed by atoms with Crippen LogP contribution >= 0.6 is 31.9 Å².